The number of H-pyrrole nitrogens is 1. The van der Waals surface area contributed by atoms with Gasteiger partial charge in [0.1, 0.15) is 5.52 Å². The summed E-state index contributed by atoms with van der Waals surface area (Å²) in [6.07, 6.45) is 5.87. The Bertz CT molecular complexity index is 648. The van der Waals surface area contributed by atoms with Crippen LogP contribution < -0.4 is 11.1 Å². The van der Waals surface area contributed by atoms with Gasteiger partial charge >= 0.3 is 0 Å². The maximum absolute atomic E-state index is 12.3. The second-order valence-electron chi connectivity index (χ2n) is 5.11. The highest BCUT2D eigenvalue weighted by atomic mass is 35.5. The number of nitrogens with two attached hydrogens (primary N) is 1. The zero-order chi connectivity index (χ0) is 14.2. The Morgan fingerprint density at radius 3 is 2.85 bits per heavy atom. The van der Waals surface area contributed by atoms with Gasteiger partial charge in [0.25, 0.3) is 0 Å². The van der Waals surface area contributed by atoms with Gasteiger partial charge in [-0.05, 0) is 12.8 Å². The highest BCUT2D eigenvalue weighted by molar-refractivity contribution is 6.33. The van der Waals surface area contributed by atoms with E-state index in [2.05, 4.69) is 25.3 Å². The zero-order valence-electron chi connectivity index (χ0n) is 10.8. The van der Waals surface area contributed by atoms with Crippen LogP contribution in [0.3, 0.4) is 0 Å². The summed E-state index contributed by atoms with van der Waals surface area (Å²) in [6.45, 7) is 0. The van der Waals surface area contributed by atoms with Gasteiger partial charge in [-0.2, -0.15) is 9.97 Å². The number of hydrogen-bond acceptors (Lipinski definition) is 5. The number of anilines is 1. The first kappa shape index (κ1) is 13.3. The molecule has 1 fully saturated rings. The molecule has 0 aliphatic heterocycles. The fraction of sp³-hybridized carbons (Fsp3) is 0.500. The van der Waals surface area contributed by atoms with Gasteiger partial charge in [0.2, 0.25) is 11.9 Å². The number of aromatic nitrogens is 4. The SMILES string of the molecule is NC1(C(=O)Nc2nc(Cl)c3[nH]cnc3n2)CCCCC1. The van der Waals surface area contributed by atoms with Crippen LogP contribution in [0, 0.1) is 0 Å². The molecule has 8 heteroatoms. The fourth-order valence-corrected chi connectivity index (χ4v) is 2.71. The molecule has 4 N–H and O–H groups in total. The second-order valence-corrected chi connectivity index (χ2v) is 5.47. The average molecular weight is 295 g/mol. The lowest BCUT2D eigenvalue weighted by atomic mass is 9.82. The third kappa shape index (κ3) is 2.34. The molecule has 0 unspecified atom stereocenters. The van der Waals surface area contributed by atoms with Crippen molar-refractivity contribution in [2.75, 3.05) is 5.32 Å². The van der Waals surface area contributed by atoms with E-state index in [1.807, 2.05) is 0 Å². The maximum Gasteiger partial charge on any atom is 0.246 e. The second kappa shape index (κ2) is 4.99. The topological polar surface area (TPSA) is 110 Å². The van der Waals surface area contributed by atoms with E-state index in [1.54, 1.807) is 0 Å². The van der Waals surface area contributed by atoms with Crippen LogP contribution in [0.2, 0.25) is 5.15 Å². The summed E-state index contributed by atoms with van der Waals surface area (Å²) in [4.78, 5) is 27.3. The van der Waals surface area contributed by atoms with E-state index < -0.39 is 5.54 Å². The van der Waals surface area contributed by atoms with Crippen molar-refractivity contribution in [3.63, 3.8) is 0 Å². The molecule has 7 nitrogen and oxygen atoms in total. The van der Waals surface area contributed by atoms with Crippen molar-refractivity contribution in [1.82, 2.24) is 19.9 Å². The van der Waals surface area contributed by atoms with Crippen molar-refractivity contribution < 1.29 is 4.79 Å². The molecule has 2 aromatic rings. The molecular weight excluding hydrogens is 280 g/mol. The molecule has 0 radical (unpaired) electrons. The largest absolute Gasteiger partial charge is 0.341 e. The summed E-state index contributed by atoms with van der Waals surface area (Å²) < 4.78 is 0. The highest BCUT2D eigenvalue weighted by Gasteiger charge is 2.35. The summed E-state index contributed by atoms with van der Waals surface area (Å²) >= 11 is 6.00. The van der Waals surface area contributed by atoms with E-state index in [4.69, 9.17) is 17.3 Å². The molecule has 1 aliphatic carbocycles. The number of aromatic amines is 1. The Morgan fingerprint density at radius 2 is 2.10 bits per heavy atom. The molecule has 0 bridgehead atoms. The number of fused-ring (bicyclic) bond motifs is 1. The van der Waals surface area contributed by atoms with Crippen LogP contribution in [-0.2, 0) is 4.79 Å². The maximum atomic E-state index is 12.3. The smallest absolute Gasteiger partial charge is 0.246 e. The number of nitrogens with one attached hydrogen (secondary N) is 2. The lowest BCUT2D eigenvalue weighted by Gasteiger charge is -2.31. The van der Waals surface area contributed by atoms with Gasteiger partial charge in [-0.15, -0.1) is 0 Å². The minimum absolute atomic E-state index is 0.134. The predicted octanol–water partition coefficient (Wildman–Crippen LogP) is 1.61. The van der Waals surface area contributed by atoms with E-state index in [1.165, 1.54) is 6.33 Å². The molecule has 3 rings (SSSR count). The normalized spacial score (nSPS) is 18.1. The number of halogens is 1. The van der Waals surface area contributed by atoms with Crippen LogP contribution in [0.4, 0.5) is 5.95 Å². The third-order valence-electron chi connectivity index (χ3n) is 3.66. The van der Waals surface area contributed by atoms with Gasteiger partial charge in [-0.1, -0.05) is 30.9 Å². The Hall–Kier alpha value is -1.73. The van der Waals surface area contributed by atoms with Crippen molar-refractivity contribution in [1.29, 1.82) is 0 Å². The van der Waals surface area contributed by atoms with Gasteiger partial charge in [0.15, 0.2) is 10.8 Å². The van der Waals surface area contributed by atoms with Crippen molar-refractivity contribution in [2.45, 2.75) is 37.6 Å². The lowest BCUT2D eigenvalue weighted by molar-refractivity contribution is -0.122. The van der Waals surface area contributed by atoms with Crippen molar-refractivity contribution in [2.24, 2.45) is 5.73 Å². The Balaban J connectivity index is 1.83. The number of nitrogens with zero attached hydrogens (tertiary/aromatic N) is 3. The summed E-state index contributed by atoms with van der Waals surface area (Å²) in [5.74, 6) is -0.127. The summed E-state index contributed by atoms with van der Waals surface area (Å²) in [7, 11) is 0. The van der Waals surface area contributed by atoms with Crippen LogP contribution in [0.15, 0.2) is 6.33 Å². The molecular formula is C12H15ClN6O. The summed E-state index contributed by atoms with van der Waals surface area (Å²) in [5, 5.41) is 2.87. The Labute approximate surface area is 120 Å². The van der Waals surface area contributed by atoms with Crippen LogP contribution in [0.25, 0.3) is 11.2 Å². The number of hydrogen-bond donors (Lipinski definition) is 3. The number of amides is 1. The molecule has 0 spiro atoms. The average Bonchev–Trinajstić information content (AvgIpc) is 2.88. The van der Waals surface area contributed by atoms with Crippen molar-refractivity contribution in [3.05, 3.63) is 11.5 Å². The Morgan fingerprint density at radius 1 is 1.35 bits per heavy atom. The zero-order valence-corrected chi connectivity index (χ0v) is 11.6. The molecule has 1 amide bonds. The first-order chi connectivity index (χ1) is 9.58. The molecule has 20 heavy (non-hydrogen) atoms. The number of carbonyl (C=O) groups excluding carboxylic acids is 1. The van der Waals surface area contributed by atoms with E-state index >= 15 is 0 Å². The number of rotatable bonds is 2. The molecule has 1 saturated carbocycles. The van der Waals surface area contributed by atoms with Gasteiger partial charge < -0.3 is 10.7 Å². The number of carbonyl (C=O) groups is 1. The molecule has 106 valence electrons. The summed E-state index contributed by atoms with van der Waals surface area (Å²) in [6, 6.07) is 0. The van der Waals surface area contributed by atoms with Crippen molar-refractivity contribution in [3.8, 4) is 0 Å². The van der Waals surface area contributed by atoms with E-state index in [0.717, 1.165) is 19.3 Å². The lowest BCUT2D eigenvalue weighted by Crippen LogP contribution is -2.52. The molecule has 0 saturated heterocycles. The van der Waals surface area contributed by atoms with Gasteiger partial charge in [0.05, 0.1) is 11.9 Å². The molecule has 0 atom stereocenters. The highest BCUT2D eigenvalue weighted by Crippen LogP contribution is 2.27. The van der Waals surface area contributed by atoms with E-state index in [9.17, 15) is 4.79 Å². The molecule has 2 aromatic heterocycles. The van der Waals surface area contributed by atoms with Gasteiger partial charge in [0, 0.05) is 0 Å². The standard InChI is InChI=1S/C12H15ClN6O/c13-8-7-9(16-6-15-7)18-11(17-8)19-10(20)12(14)4-2-1-3-5-12/h6H,1-5,14H2,(H2,15,16,17,18,19,20). The summed E-state index contributed by atoms with van der Waals surface area (Å²) in [5.41, 5.74) is 6.28. The van der Waals surface area contributed by atoms with Gasteiger partial charge in [-0.25, -0.2) is 4.98 Å². The van der Waals surface area contributed by atoms with Crippen LogP contribution in [0.1, 0.15) is 32.1 Å². The minimum Gasteiger partial charge on any atom is -0.341 e. The minimum atomic E-state index is -0.839. The monoisotopic (exact) mass is 294 g/mol. The van der Waals surface area contributed by atoms with Crippen LogP contribution in [0.5, 0.6) is 0 Å². The predicted molar refractivity (Wildman–Crippen MR) is 75.3 cm³/mol. The first-order valence-corrected chi connectivity index (χ1v) is 6.93. The van der Waals surface area contributed by atoms with E-state index in [-0.39, 0.29) is 17.0 Å². The third-order valence-corrected chi connectivity index (χ3v) is 3.94. The van der Waals surface area contributed by atoms with Crippen LogP contribution >= 0.6 is 11.6 Å². The first-order valence-electron chi connectivity index (χ1n) is 6.55. The van der Waals surface area contributed by atoms with E-state index in [0.29, 0.717) is 24.0 Å². The van der Waals surface area contributed by atoms with Crippen LogP contribution in [-0.4, -0.2) is 31.4 Å². The number of imidazole rings is 1. The van der Waals surface area contributed by atoms with Gasteiger partial charge in [-0.3, -0.25) is 10.1 Å². The molecule has 0 aromatic carbocycles. The Kier molecular flexibility index (Phi) is 3.31. The quantitative estimate of drug-likeness (QED) is 0.729. The molecule has 1 aliphatic rings. The fourth-order valence-electron chi connectivity index (χ4n) is 2.49. The molecule has 2 heterocycles. The van der Waals surface area contributed by atoms with Crippen molar-refractivity contribution >= 4 is 34.6 Å².